The van der Waals surface area contributed by atoms with Gasteiger partial charge < -0.3 is 23.5 Å². The van der Waals surface area contributed by atoms with Crippen LogP contribution in [0.5, 0.6) is 0 Å². The van der Waals surface area contributed by atoms with Crippen molar-refractivity contribution in [2.75, 3.05) is 38.3 Å². The molecule has 0 N–H and O–H groups in total. The molecule has 0 unspecified atom stereocenters. The second kappa shape index (κ2) is 9.44. The first kappa shape index (κ1) is 24.8. The average molecular weight is 567 g/mol. The number of esters is 1. The molecule has 2 aliphatic heterocycles. The molecule has 39 heavy (non-hydrogen) atoms. The topological polar surface area (TPSA) is 117 Å². The van der Waals surface area contributed by atoms with Gasteiger partial charge in [-0.1, -0.05) is 11.8 Å². The van der Waals surface area contributed by atoms with Gasteiger partial charge in [-0.2, -0.15) is 0 Å². The lowest BCUT2D eigenvalue weighted by Gasteiger charge is -2.36. The van der Waals surface area contributed by atoms with E-state index in [9.17, 15) is 4.79 Å². The molecule has 0 aliphatic carbocycles. The zero-order valence-electron chi connectivity index (χ0n) is 21.7. The Balaban J connectivity index is 1.30. The third-order valence-corrected chi connectivity index (χ3v) is 9.12. The standard InChI is InChI=1S/C26H26N6O5S2/c1-26(2)10-15-16(11-36-26)21(31-6-8-35-9-7-31)28-23-18(15)19-20(39-23)22-29-30-25(32(22)13-27-19)38-12-14-4-5-17(37-14)24(33)34-3/h4-5,13H,6-12H2,1-3H3. The van der Waals surface area contributed by atoms with Crippen LogP contribution >= 0.6 is 23.1 Å². The van der Waals surface area contributed by atoms with E-state index in [1.165, 1.54) is 24.4 Å². The first-order valence-electron chi connectivity index (χ1n) is 12.7. The van der Waals surface area contributed by atoms with Crippen LogP contribution in [0.4, 0.5) is 5.82 Å². The minimum atomic E-state index is -0.502. The zero-order valence-corrected chi connectivity index (χ0v) is 23.4. The molecular formula is C26H26N6O5S2. The number of thioether (sulfide) groups is 1. The number of rotatable bonds is 5. The van der Waals surface area contributed by atoms with Crippen LogP contribution in [0.15, 0.2) is 28.0 Å². The Hall–Kier alpha value is -3.26. The molecule has 1 saturated heterocycles. The van der Waals surface area contributed by atoms with Gasteiger partial charge in [0.25, 0.3) is 0 Å². The number of fused-ring (bicyclic) bond motifs is 7. The summed E-state index contributed by atoms with van der Waals surface area (Å²) in [6, 6.07) is 3.37. The van der Waals surface area contributed by atoms with Gasteiger partial charge in [0, 0.05) is 30.5 Å². The van der Waals surface area contributed by atoms with Gasteiger partial charge in [0.15, 0.2) is 10.8 Å². The first-order valence-corrected chi connectivity index (χ1v) is 14.5. The number of furan rings is 1. The predicted octanol–water partition coefficient (Wildman–Crippen LogP) is 4.25. The van der Waals surface area contributed by atoms with E-state index in [-0.39, 0.29) is 11.4 Å². The van der Waals surface area contributed by atoms with Crippen LogP contribution in [0.2, 0.25) is 0 Å². The molecule has 5 aromatic heterocycles. The third-order valence-electron chi connectivity index (χ3n) is 7.09. The minimum Gasteiger partial charge on any atom is -0.463 e. The number of ether oxygens (including phenoxy) is 3. The highest BCUT2D eigenvalue weighted by molar-refractivity contribution is 7.98. The summed E-state index contributed by atoms with van der Waals surface area (Å²) < 4.78 is 25.0. The van der Waals surface area contributed by atoms with E-state index in [0.29, 0.717) is 36.5 Å². The molecular weight excluding hydrogens is 540 g/mol. The van der Waals surface area contributed by atoms with Crippen molar-refractivity contribution in [3.8, 4) is 0 Å². The maximum absolute atomic E-state index is 11.7. The number of hydrogen-bond donors (Lipinski definition) is 0. The molecule has 0 bridgehead atoms. The SMILES string of the molecule is COC(=O)c1ccc(CSc2nnc3c4sc5nc(N6CCOCC6)c6c(c5c4ncn23)CC(C)(C)OC6)o1. The van der Waals surface area contributed by atoms with Crippen molar-refractivity contribution >= 4 is 61.0 Å². The molecule has 0 amide bonds. The first-order chi connectivity index (χ1) is 18.9. The fraction of sp³-hybridized carbons (Fsp3) is 0.423. The fourth-order valence-corrected chi connectivity index (χ4v) is 7.09. The number of carbonyl (C=O) groups excluding carboxylic acids is 1. The second-order valence-corrected chi connectivity index (χ2v) is 12.1. The number of nitrogens with zero attached hydrogens (tertiary/aromatic N) is 6. The van der Waals surface area contributed by atoms with E-state index in [1.54, 1.807) is 29.8 Å². The van der Waals surface area contributed by atoms with Crippen molar-refractivity contribution in [1.82, 2.24) is 24.6 Å². The normalized spacial score (nSPS) is 17.3. The van der Waals surface area contributed by atoms with Crippen LogP contribution in [-0.4, -0.2) is 69.5 Å². The smallest absolute Gasteiger partial charge is 0.373 e. The van der Waals surface area contributed by atoms with Gasteiger partial charge in [0.2, 0.25) is 5.76 Å². The molecule has 0 atom stereocenters. The molecule has 5 aromatic rings. The maximum atomic E-state index is 11.7. The number of carbonyl (C=O) groups is 1. The van der Waals surface area contributed by atoms with E-state index < -0.39 is 5.97 Å². The summed E-state index contributed by atoms with van der Waals surface area (Å²) in [5.74, 6) is 1.78. The second-order valence-electron chi connectivity index (χ2n) is 10.1. The Kier molecular flexibility index (Phi) is 5.99. The number of hydrogen-bond acceptors (Lipinski definition) is 12. The summed E-state index contributed by atoms with van der Waals surface area (Å²) in [4.78, 5) is 25.0. The van der Waals surface area contributed by atoms with Gasteiger partial charge in [-0.15, -0.1) is 21.5 Å². The molecule has 7 rings (SSSR count). The quantitative estimate of drug-likeness (QED) is 0.224. The van der Waals surface area contributed by atoms with Crippen molar-refractivity contribution in [3.05, 3.63) is 41.1 Å². The summed E-state index contributed by atoms with van der Waals surface area (Å²) in [7, 11) is 1.33. The van der Waals surface area contributed by atoms with Gasteiger partial charge in [0.1, 0.15) is 27.4 Å². The van der Waals surface area contributed by atoms with Crippen LogP contribution in [0.3, 0.4) is 0 Å². The fourth-order valence-electron chi connectivity index (χ4n) is 5.16. The molecule has 0 saturated carbocycles. The Morgan fingerprint density at radius 2 is 2.05 bits per heavy atom. The largest absolute Gasteiger partial charge is 0.463 e. The summed E-state index contributed by atoms with van der Waals surface area (Å²) in [5.41, 5.74) is 3.77. The minimum absolute atomic E-state index is 0.175. The number of anilines is 1. The van der Waals surface area contributed by atoms with Crippen molar-refractivity contribution in [1.29, 1.82) is 0 Å². The summed E-state index contributed by atoms with van der Waals surface area (Å²) >= 11 is 3.06. The van der Waals surface area contributed by atoms with Gasteiger partial charge >= 0.3 is 5.97 Å². The molecule has 7 heterocycles. The number of aromatic nitrogens is 5. The third kappa shape index (κ3) is 4.24. The maximum Gasteiger partial charge on any atom is 0.373 e. The van der Waals surface area contributed by atoms with Crippen molar-refractivity contribution in [3.63, 3.8) is 0 Å². The number of thiophene rings is 1. The lowest BCUT2D eigenvalue weighted by molar-refractivity contribution is -0.0396. The van der Waals surface area contributed by atoms with Crippen molar-refractivity contribution in [2.24, 2.45) is 0 Å². The Morgan fingerprint density at radius 1 is 1.21 bits per heavy atom. The molecule has 202 valence electrons. The van der Waals surface area contributed by atoms with E-state index in [2.05, 4.69) is 28.9 Å². The van der Waals surface area contributed by atoms with Crippen LogP contribution in [0.1, 0.15) is 41.3 Å². The summed E-state index contributed by atoms with van der Waals surface area (Å²) in [6.45, 7) is 7.79. The molecule has 11 nitrogen and oxygen atoms in total. The Bertz CT molecular complexity index is 1740. The van der Waals surface area contributed by atoms with Gasteiger partial charge in [-0.3, -0.25) is 4.40 Å². The summed E-state index contributed by atoms with van der Waals surface area (Å²) in [5, 5.41) is 10.7. The lowest BCUT2D eigenvalue weighted by Crippen LogP contribution is -2.39. The Morgan fingerprint density at radius 3 is 2.87 bits per heavy atom. The number of morpholine rings is 1. The molecule has 0 radical (unpaired) electrons. The van der Waals surface area contributed by atoms with Crippen molar-refractivity contribution < 1.29 is 23.4 Å². The van der Waals surface area contributed by atoms with Crippen LogP contribution in [-0.2, 0) is 33.0 Å². The van der Waals surface area contributed by atoms with E-state index in [4.69, 9.17) is 28.6 Å². The number of pyridine rings is 1. The van der Waals surface area contributed by atoms with Gasteiger partial charge in [-0.05, 0) is 31.5 Å². The summed E-state index contributed by atoms with van der Waals surface area (Å²) in [6.07, 6.45) is 2.56. The van der Waals surface area contributed by atoms with Crippen LogP contribution in [0, 0.1) is 0 Å². The average Bonchev–Trinajstić information content (AvgIpc) is 3.67. The molecule has 2 aliphatic rings. The zero-order chi connectivity index (χ0) is 26.7. The highest BCUT2D eigenvalue weighted by Crippen LogP contribution is 2.43. The number of methoxy groups -OCH3 is 1. The highest BCUT2D eigenvalue weighted by Gasteiger charge is 2.33. The highest BCUT2D eigenvalue weighted by atomic mass is 32.2. The Labute approximate surface area is 231 Å². The predicted molar refractivity (Wildman–Crippen MR) is 147 cm³/mol. The monoisotopic (exact) mass is 566 g/mol. The van der Waals surface area contributed by atoms with E-state index >= 15 is 0 Å². The molecule has 0 spiro atoms. The van der Waals surface area contributed by atoms with E-state index in [1.807, 2.05) is 4.40 Å². The molecule has 0 aromatic carbocycles. The molecule has 13 heteroatoms. The van der Waals surface area contributed by atoms with Crippen molar-refractivity contribution in [2.45, 2.75) is 43.4 Å². The molecule has 1 fully saturated rings. The van der Waals surface area contributed by atoms with Gasteiger partial charge in [0.05, 0.1) is 43.8 Å². The van der Waals surface area contributed by atoms with Gasteiger partial charge in [-0.25, -0.2) is 14.8 Å². The van der Waals surface area contributed by atoms with Crippen LogP contribution in [0.25, 0.3) is 26.1 Å². The van der Waals surface area contributed by atoms with E-state index in [0.717, 1.165) is 57.0 Å². The van der Waals surface area contributed by atoms with Crippen LogP contribution < -0.4 is 4.90 Å². The lowest BCUT2D eigenvalue weighted by atomic mass is 9.90.